The Morgan fingerprint density at radius 1 is 1.38 bits per heavy atom. The van der Waals surface area contributed by atoms with Crippen LogP contribution >= 0.6 is 0 Å². The number of carboxylic acids is 1. The highest BCUT2D eigenvalue weighted by Gasteiger charge is 2.26. The van der Waals surface area contributed by atoms with E-state index in [1.807, 2.05) is 0 Å². The molecule has 116 valence electrons. The molecule has 0 aromatic heterocycles. The van der Waals surface area contributed by atoms with Crippen LogP contribution in [0.4, 0.5) is 0 Å². The fraction of sp³-hybridized carbons (Fsp3) is 0.500. The first-order chi connectivity index (χ1) is 9.94. The van der Waals surface area contributed by atoms with E-state index in [1.54, 1.807) is 18.2 Å². The summed E-state index contributed by atoms with van der Waals surface area (Å²) in [7, 11) is -1.79. The standard InChI is InChI=1S/C14H19NO5S/c1-20-7-2-8-21(18,19)15-6-5-11-3-4-12(14(16)17)9-13(11)10-15/h3-4,9H,2,5-8,10H2,1H3,(H,16,17). The lowest BCUT2D eigenvalue weighted by Crippen LogP contribution is -2.37. The molecule has 1 aromatic rings. The number of nitrogens with zero attached hydrogens (tertiary/aromatic N) is 1. The maximum Gasteiger partial charge on any atom is 0.335 e. The first-order valence-electron chi connectivity index (χ1n) is 6.76. The van der Waals surface area contributed by atoms with Gasteiger partial charge in [0.05, 0.1) is 11.3 Å². The molecule has 1 N–H and O–H groups in total. The molecule has 1 aliphatic rings. The molecule has 21 heavy (non-hydrogen) atoms. The van der Waals surface area contributed by atoms with Crippen molar-refractivity contribution < 1.29 is 23.1 Å². The number of hydrogen-bond acceptors (Lipinski definition) is 4. The van der Waals surface area contributed by atoms with Gasteiger partial charge in [0.1, 0.15) is 0 Å². The summed E-state index contributed by atoms with van der Waals surface area (Å²) in [5.74, 6) is -0.952. The first kappa shape index (κ1) is 15.9. The lowest BCUT2D eigenvalue weighted by atomic mass is 9.99. The second kappa shape index (κ2) is 6.55. The molecule has 1 heterocycles. The lowest BCUT2D eigenvalue weighted by Gasteiger charge is -2.28. The van der Waals surface area contributed by atoms with Gasteiger partial charge in [-0.2, -0.15) is 4.31 Å². The summed E-state index contributed by atoms with van der Waals surface area (Å²) in [5.41, 5.74) is 1.98. The Bertz CT molecular complexity index is 626. The Hall–Kier alpha value is -1.44. The number of benzene rings is 1. The molecule has 1 aromatic carbocycles. The van der Waals surface area contributed by atoms with Gasteiger partial charge in [0, 0.05) is 26.8 Å². The van der Waals surface area contributed by atoms with Crippen LogP contribution in [0.3, 0.4) is 0 Å². The van der Waals surface area contributed by atoms with E-state index in [9.17, 15) is 13.2 Å². The molecular formula is C14H19NO5S. The van der Waals surface area contributed by atoms with Gasteiger partial charge in [-0.05, 0) is 36.1 Å². The molecule has 2 rings (SSSR count). The molecule has 0 bridgehead atoms. The van der Waals surface area contributed by atoms with Crippen molar-refractivity contribution in [3.05, 3.63) is 34.9 Å². The number of methoxy groups -OCH3 is 1. The zero-order valence-corrected chi connectivity index (χ0v) is 12.7. The Balaban J connectivity index is 2.14. The molecule has 0 amide bonds. The fourth-order valence-corrected chi connectivity index (χ4v) is 3.86. The van der Waals surface area contributed by atoms with E-state index < -0.39 is 16.0 Å². The second-order valence-corrected chi connectivity index (χ2v) is 7.12. The number of rotatable bonds is 6. The van der Waals surface area contributed by atoms with Gasteiger partial charge < -0.3 is 9.84 Å². The van der Waals surface area contributed by atoms with E-state index in [-0.39, 0.29) is 17.9 Å². The Morgan fingerprint density at radius 3 is 2.81 bits per heavy atom. The minimum Gasteiger partial charge on any atom is -0.478 e. The summed E-state index contributed by atoms with van der Waals surface area (Å²) >= 11 is 0. The van der Waals surface area contributed by atoms with Crippen molar-refractivity contribution in [1.82, 2.24) is 4.31 Å². The van der Waals surface area contributed by atoms with Gasteiger partial charge in [0.15, 0.2) is 0 Å². The van der Waals surface area contributed by atoms with Crippen molar-refractivity contribution >= 4 is 16.0 Å². The van der Waals surface area contributed by atoms with Crippen molar-refractivity contribution in [2.24, 2.45) is 0 Å². The molecular weight excluding hydrogens is 294 g/mol. The number of aromatic carboxylic acids is 1. The SMILES string of the molecule is COCCCS(=O)(=O)N1CCc2ccc(C(=O)O)cc2C1. The predicted octanol–water partition coefficient (Wildman–Crippen LogP) is 1.11. The molecule has 0 fully saturated rings. The van der Waals surface area contributed by atoms with Crippen LogP contribution < -0.4 is 0 Å². The normalized spacial score (nSPS) is 15.7. The van der Waals surface area contributed by atoms with Crippen molar-refractivity contribution in [1.29, 1.82) is 0 Å². The van der Waals surface area contributed by atoms with Crippen molar-refractivity contribution in [2.75, 3.05) is 26.0 Å². The molecule has 0 unspecified atom stereocenters. The van der Waals surface area contributed by atoms with Crippen LogP contribution in [0.15, 0.2) is 18.2 Å². The molecule has 0 saturated carbocycles. The van der Waals surface area contributed by atoms with Crippen LogP contribution in [0.2, 0.25) is 0 Å². The predicted molar refractivity (Wildman–Crippen MR) is 77.8 cm³/mol. The average Bonchev–Trinajstić information content (AvgIpc) is 2.46. The monoisotopic (exact) mass is 313 g/mol. The van der Waals surface area contributed by atoms with Crippen LogP contribution in [0.25, 0.3) is 0 Å². The Morgan fingerprint density at radius 2 is 2.14 bits per heavy atom. The van der Waals surface area contributed by atoms with Crippen molar-refractivity contribution in [3.8, 4) is 0 Å². The van der Waals surface area contributed by atoms with Crippen LogP contribution in [-0.4, -0.2) is 49.8 Å². The van der Waals surface area contributed by atoms with E-state index in [0.717, 1.165) is 11.1 Å². The minimum absolute atomic E-state index is 0.0504. The third kappa shape index (κ3) is 3.81. The van der Waals surface area contributed by atoms with Crippen LogP contribution in [0, 0.1) is 0 Å². The first-order valence-corrected chi connectivity index (χ1v) is 8.37. The summed E-state index contributed by atoms with van der Waals surface area (Å²) in [6.07, 6.45) is 1.07. The highest BCUT2D eigenvalue weighted by Crippen LogP contribution is 2.23. The Kier molecular flexibility index (Phi) is 4.97. The van der Waals surface area contributed by atoms with E-state index in [0.29, 0.717) is 26.0 Å². The zero-order valence-electron chi connectivity index (χ0n) is 11.9. The van der Waals surface area contributed by atoms with Gasteiger partial charge >= 0.3 is 5.97 Å². The molecule has 0 spiro atoms. The van der Waals surface area contributed by atoms with Gasteiger partial charge in [-0.3, -0.25) is 0 Å². The van der Waals surface area contributed by atoms with Crippen LogP contribution in [-0.2, 0) is 27.7 Å². The number of carbonyl (C=O) groups is 1. The third-order valence-electron chi connectivity index (χ3n) is 3.57. The molecule has 6 nitrogen and oxygen atoms in total. The number of sulfonamides is 1. The van der Waals surface area contributed by atoms with Gasteiger partial charge in [-0.1, -0.05) is 6.07 Å². The van der Waals surface area contributed by atoms with Gasteiger partial charge in [0.25, 0.3) is 0 Å². The zero-order chi connectivity index (χ0) is 15.5. The summed E-state index contributed by atoms with van der Waals surface area (Å²) in [6.45, 7) is 1.09. The molecule has 0 saturated heterocycles. The van der Waals surface area contributed by atoms with E-state index in [4.69, 9.17) is 9.84 Å². The molecule has 0 radical (unpaired) electrons. The second-order valence-electron chi connectivity index (χ2n) is 5.03. The number of ether oxygens (including phenoxy) is 1. The van der Waals surface area contributed by atoms with Gasteiger partial charge in [0.2, 0.25) is 10.0 Å². The molecule has 7 heteroatoms. The maximum atomic E-state index is 12.2. The van der Waals surface area contributed by atoms with E-state index in [2.05, 4.69) is 0 Å². The lowest BCUT2D eigenvalue weighted by molar-refractivity contribution is 0.0696. The minimum atomic E-state index is -3.33. The largest absolute Gasteiger partial charge is 0.478 e. The quantitative estimate of drug-likeness (QED) is 0.795. The third-order valence-corrected chi connectivity index (χ3v) is 5.48. The highest BCUT2D eigenvalue weighted by molar-refractivity contribution is 7.89. The summed E-state index contributed by atoms with van der Waals surface area (Å²) < 4.78 is 30.8. The van der Waals surface area contributed by atoms with Crippen molar-refractivity contribution in [3.63, 3.8) is 0 Å². The summed E-state index contributed by atoms with van der Waals surface area (Å²) in [5, 5.41) is 9.01. The molecule has 1 aliphatic heterocycles. The van der Waals surface area contributed by atoms with Gasteiger partial charge in [-0.15, -0.1) is 0 Å². The Labute approximate surface area is 124 Å². The highest BCUT2D eigenvalue weighted by atomic mass is 32.2. The van der Waals surface area contributed by atoms with Gasteiger partial charge in [-0.25, -0.2) is 13.2 Å². The smallest absolute Gasteiger partial charge is 0.335 e. The fourth-order valence-electron chi connectivity index (χ4n) is 2.42. The number of carboxylic acid groups (broad SMARTS) is 1. The average molecular weight is 313 g/mol. The summed E-state index contributed by atoms with van der Waals surface area (Å²) in [4.78, 5) is 11.0. The van der Waals surface area contributed by atoms with Crippen LogP contribution in [0.5, 0.6) is 0 Å². The summed E-state index contributed by atoms with van der Waals surface area (Å²) in [6, 6.07) is 4.89. The molecule has 0 atom stereocenters. The van der Waals surface area contributed by atoms with Crippen LogP contribution in [0.1, 0.15) is 27.9 Å². The van der Waals surface area contributed by atoms with Crippen molar-refractivity contribution in [2.45, 2.75) is 19.4 Å². The topological polar surface area (TPSA) is 83.9 Å². The maximum absolute atomic E-state index is 12.2. The van der Waals surface area contributed by atoms with E-state index >= 15 is 0 Å². The molecule has 0 aliphatic carbocycles. The van der Waals surface area contributed by atoms with E-state index in [1.165, 1.54) is 11.4 Å². The number of hydrogen-bond donors (Lipinski definition) is 1. The number of fused-ring (bicyclic) bond motifs is 1.